The van der Waals surface area contributed by atoms with Gasteiger partial charge in [0.1, 0.15) is 5.83 Å². The lowest BCUT2D eigenvalue weighted by Gasteiger charge is -2.14. The Morgan fingerprint density at radius 2 is 2.15 bits per heavy atom. The summed E-state index contributed by atoms with van der Waals surface area (Å²) in [6, 6.07) is 0. The standard InChI is InChI=1S/C9H12FNO2/c1-5(2)7-4-3-6(10)8(11-7)9(12)13/h5H,3-4H2,1-2H3,(H,12,13). The topological polar surface area (TPSA) is 49.7 Å². The Bertz CT molecular complexity index is 292. The van der Waals surface area contributed by atoms with Crippen LogP contribution in [0.4, 0.5) is 4.39 Å². The van der Waals surface area contributed by atoms with Crippen LogP contribution in [-0.4, -0.2) is 16.8 Å². The lowest BCUT2D eigenvalue weighted by molar-refractivity contribution is -0.132. The molecule has 0 aromatic rings. The number of allylic oxidation sites excluding steroid dienone is 1. The van der Waals surface area contributed by atoms with Crippen LogP contribution in [0.25, 0.3) is 0 Å². The van der Waals surface area contributed by atoms with Crippen molar-refractivity contribution in [2.24, 2.45) is 10.9 Å². The smallest absolute Gasteiger partial charge is 0.357 e. The van der Waals surface area contributed by atoms with Crippen molar-refractivity contribution in [2.45, 2.75) is 26.7 Å². The Kier molecular flexibility index (Phi) is 2.80. The molecule has 0 fully saturated rings. The number of nitrogens with zero attached hydrogens (tertiary/aromatic N) is 1. The van der Waals surface area contributed by atoms with Crippen LogP contribution < -0.4 is 0 Å². The summed E-state index contributed by atoms with van der Waals surface area (Å²) in [5, 5.41) is 8.60. The third-order valence-electron chi connectivity index (χ3n) is 1.98. The normalized spacial score (nSPS) is 17.7. The number of rotatable bonds is 2. The lowest BCUT2D eigenvalue weighted by atomic mass is 10.00. The number of hydrogen-bond donors (Lipinski definition) is 1. The van der Waals surface area contributed by atoms with Crippen LogP contribution in [0.3, 0.4) is 0 Å². The molecule has 1 rings (SSSR count). The van der Waals surface area contributed by atoms with Gasteiger partial charge < -0.3 is 5.11 Å². The first-order chi connectivity index (χ1) is 6.02. The van der Waals surface area contributed by atoms with E-state index in [0.717, 1.165) is 5.71 Å². The number of hydrogen-bond acceptors (Lipinski definition) is 2. The van der Waals surface area contributed by atoms with Crippen LogP contribution >= 0.6 is 0 Å². The second-order valence-electron chi connectivity index (χ2n) is 3.32. The van der Waals surface area contributed by atoms with Gasteiger partial charge in [-0.15, -0.1) is 0 Å². The average molecular weight is 185 g/mol. The van der Waals surface area contributed by atoms with Gasteiger partial charge in [0.2, 0.25) is 0 Å². The van der Waals surface area contributed by atoms with E-state index in [1.807, 2.05) is 13.8 Å². The average Bonchev–Trinajstić information content (AvgIpc) is 2.04. The molecule has 0 radical (unpaired) electrons. The molecule has 1 heterocycles. The van der Waals surface area contributed by atoms with Gasteiger partial charge >= 0.3 is 5.97 Å². The van der Waals surface area contributed by atoms with Crippen molar-refractivity contribution in [3.05, 3.63) is 11.5 Å². The maximum Gasteiger partial charge on any atom is 0.357 e. The van der Waals surface area contributed by atoms with E-state index in [-0.39, 0.29) is 12.3 Å². The van der Waals surface area contributed by atoms with Crippen molar-refractivity contribution < 1.29 is 14.3 Å². The molecule has 1 N–H and O–H groups in total. The Balaban J connectivity index is 2.98. The maximum absolute atomic E-state index is 12.9. The van der Waals surface area contributed by atoms with Crippen molar-refractivity contribution >= 4 is 11.7 Å². The van der Waals surface area contributed by atoms with Gasteiger partial charge in [-0.3, -0.25) is 0 Å². The number of carbonyl (C=O) groups is 1. The number of halogens is 1. The Hall–Kier alpha value is -1.19. The minimum atomic E-state index is -1.28. The van der Waals surface area contributed by atoms with Gasteiger partial charge in [-0.2, -0.15) is 0 Å². The highest BCUT2D eigenvalue weighted by molar-refractivity contribution is 5.96. The highest BCUT2D eigenvalue weighted by Gasteiger charge is 2.21. The minimum absolute atomic E-state index is 0.165. The predicted molar refractivity (Wildman–Crippen MR) is 47.3 cm³/mol. The van der Waals surface area contributed by atoms with E-state index in [2.05, 4.69) is 4.99 Å². The SMILES string of the molecule is CC(C)C1=NC(C(=O)O)=C(F)CC1. The molecule has 0 aromatic carbocycles. The summed E-state index contributed by atoms with van der Waals surface area (Å²) in [5.41, 5.74) is 0.341. The molecule has 13 heavy (non-hydrogen) atoms. The number of aliphatic imine (C=N–C) groups is 1. The van der Waals surface area contributed by atoms with Gasteiger partial charge in [0.25, 0.3) is 0 Å². The molecule has 72 valence electrons. The summed E-state index contributed by atoms with van der Waals surface area (Å²) < 4.78 is 12.9. The minimum Gasteiger partial charge on any atom is -0.476 e. The molecule has 0 atom stereocenters. The highest BCUT2D eigenvalue weighted by atomic mass is 19.1. The van der Waals surface area contributed by atoms with Crippen LogP contribution in [0.5, 0.6) is 0 Å². The van der Waals surface area contributed by atoms with Crippen LogP contribution in [0.2, 0.25) is 0 Å². The van der Waals surface area contributed by atoms with E-state index in [1.54, 1.807) is 0 Å². The Morgan fingerprint density at radius 3 is 2.62 bits per heavy atom. The van der Waals surface area contributed by atoms with Crippen LogP contribution in [0, 0.1) is 5.92 Å². The van der Waals surface area contributed by atoms with E-state index >= 15 is 0 Å². The first kappa shape index (κ1) is 9.89. The predicted octanol–water partition coefficient (Wildman–Crippen LogP) is 2.14. The van der Waals surface area contributed by atoms with Crippen molar-refractivity contribution in [3.63, 3.8) is 0 Å². The van der Waals surface area contributed by atoms with Crippen LogP contribution in [0.1, 0.15) is 26.7 Å². The Labute approximate surface area is 76.0 Å². The number of aliphatic carboxylic acids is 1. The number of carboxylic acid groups (broad SMARTS) is 1. The van der Waals surface area contributed by atoms with Crippen molar-refractivity contribution in [3.8, 4) is 0 Å². The lowest BCUT2D eigenvalue weighted by Crippen LogP contribution is -2.15. The first-order valence-corrected chi connectivity index (χ1v) is 4.21. The van der Waals surface area contributed by atoms with Gasteiger partial charge in [-0.25, -0.2) is 14.2 Å². The van der Waals surface area contributed by atoms with Gasteiger partial charge in [0.15, 0.2) is 5.70 Å². The third-order valence-corrected chi connectivity index (χ3v) is 1.98. The molecule has 0 aliphatic carbocycles. The summed E-state index contributed by atoms with van der Waals surface area (Å²) >= 11 is 0. The maximum atomic E-state index is 12.9. The Morgan fingerprint density at radius 1 is 1.54 bits per heavy atom. The van der Waals surface area contributed by atoms with E-state index in [9.17, 15) is 9.18 Å². The molecule has 1 aliphatic rings. The first-order valence-electron chi connectivity index (χ1n) is 4.21. The van der Waals surface area contributed by atoms with E-state index in [4.69, 9.17) is 5.11 Å². The fourth-order valence-electron chi connectivity index (χ4n) is 1.20. The molecular formula is C9H12FNO2. The third kappa shape index (κ3) is 2.14. The quantitative estimate of drug-likeness (QED) is 0.716. The second kappa shape index (κ2) is 3.68. The van der Waals surface area contributed by atoms with Crippen LogP contribution in [-0.2, 0) is 4.79 Å². The fraction of sp³-hybridized carbons (Fsp3) is 0.556. The summed E-state index contributed by atoms with van der Waals surface area (Å²) in [6.07, 6.45) is 0.693. The van der Waals surface area contributed by atoms with Crippen molar-refractivity contribution in [1.29, 1.82) is 0 Å². The molecule has 0 saturated carbocycles. The molecule has 1 aliphatic heterocycles. The highest BCUT2D eigenvalue weighted by Crippen LogP contribution is 2.23. The molecule has 0 unspecified atom stereocenters. The monoisotopic (exact) mass is 185 g/mol. The van der Waals surface area contributed by atoms with Gasteiger partial charge in [0.05, 0.1) is 0 Å². The largest absolute Gasteiger partial charge is 0.476 e. The summed E-state index contributed by atoms with van der Waals surface area (Å²) in [6.45, 7) is 3.84. The van der Waals surface area contributed by atoms with Gasteiger partial charge in [-0.05, 0) is 12.3 Å². The zero-order chi connectivity index (χ0) is 10.0. The zero-order valence-electron chi connectivity index (χ0n) is 7.67. The van der Waals surface area contributed by atoms with Crippen LogP contribution in [0.15, 0.2) is 16.5 Å². The van der Waals surface area contributed by atoms with E-state index in [1.165, 1.54) is 0 Å². The van der Waals surface area contributed by atoms with E-state index < -0.39 is 17.5 Å². The van der Waals surface area contributed by atoms with Crippen molar-refractivity contribution in [1.82, 2.24) is 0 Å². The molecule has 3 nitrogen and oxygen atoms in total. The van der Waals surface area contributed by atoms with Crippen molar-refractivity contribution in [2.75, 3.05) is 0 Å². The molecule has 0 bridgehead atoms. The second-order valence-corrected chi connectivity index (χ2v) is 3.32. The van der Waals surface area contributed by atoms with Gasteiger partial charge in [-0.1, -0.05) is 13.8 Å². The number of carboxylic acids is 1. The summed E-state index contributed by atoms with van der Waals surface area (Å²) in [7, 11) is 0. The summed E-state index contributed by atoms with van der Waals surface area (Å²) in [4.78, 5) is 14.3. The molecule has 0 aromatic heterocycles. The molecular weight excluding hydrogens is 173 g/mol. The van der Waals surface area contributed by atoms with Gasteiger partial charge in [0, 0.05) is 12.1 Å². The van der Waals surface area contributed by atoms with E-state index in [0.29, 0.717) is 6.42 Å². The molecule has 0 amide bonds. The fourth-order valence-corrected chi connectivity index (χ4v) is 1.20. The zero-order valence-corrected chi connectivity index (χ0v) is 7.67. The molecule has 0 saturated heterocycles. The molecule has 0 spiro atoms. The molecule has 4 heteroatoms. The summed E-state index contributed by atoms with van der Waals surface area (Å²) in [5.74, 6) is -1.71.